The molecule has 2 rings (SSSR count). The molecule has 0 amide bonds. The molecule has 0 fully saturated rings. The number of fused-ring (bicyclic) bond motifs is 1. The minimum absolute atomic E-state index is 0.0151. The summed E-state index contributed by atoms with van der Waals surface area (Å²) < 4.78 is 54.3. The van der Waals surface area contributed by atoms with Crippen LogP contribution in [0.4, 0.5) is 0 Å². The van der Waals surface area contributed by atoms with Crippen molar-refractivity contribution in [1.29, 1.82) is 0 Å². The number of benzene rings is 1. The summed E-state index contributed by atoms with van der Waals surface area (Å²) in [4.78, 5) is -0.193. The topological polar surface area (TPSA) is 83.5 Å². The van der Waals surface area contributed by atoms with Crippen LogP contribution in [0.5, 0.6) is 0 Å². The molecule has 0 aliphatic carbocycles. The highest BCUT2D eigenvalue weighted by molar-refractivity contribution is 7.99. The Morgan fingerprint density at radius 2 is 2.04 bits per heavy atom. The molecule has 0 aromatic heterocycles. The zero-order chi connectivity index (χ0) is 19.0. The van der Waals surface area contributed by atoms with E-state index in [1.807, 2.05) is 6.92 Å². The molecular formula is C15H23ClN2O4S3. The summed E-state index contributed by atoms with van der Waals surface area (Å²) in [6, 6.07) is 2.15. The molecule has 0 bridgehead atoms. The van der Waals surface area contributed by atoms with Gasteiger partial charge < -0.3 is 0 Å². The van der Waals surface area contributed by atoms with Crippen LogP contribution < -0.4 is 4.72 Å². The average molecular weight is 427 g/mol. The number of halogens is 1. The predicted octanol–water partition coefficient (Wildman–Crippen LogP) is 2.33. The lowest BCUT2D eigenvalue weighted by molar-refractivity contribution is 0.376. The minimum Gasteiger partial charge on any atom is -0.209 e. The standard InChI is InChI=1S/C15H23ClN2O4S3/c1-5-23-9-12-6-11-7-13(16)15(24(19,20)17-10(2)3)8-14(11)25(21,22)18(12)4/h7-8,10,12,17H,5-6,9H2,1-4H3. The number of sulfonamides is 2. The zero-order valence-electron chi connectivity index (χ0n) is 14.6. The normalized spacial score (nSPS) is 20.6. The van der Waals surface area contributed by atoms with Gasteiger partial charge in [0.1, 0.15) is 4.90 Å². The highest BCUT2D eigenvalue weighted by atomic mass is 35.5. The number of hydrogen-bond donors (Lipinski definition) is 1. The van der Waals surface area contributed by atoms with E-state index >= 15 is 0 Å². The van der Waals surface area contributed by atoms with Crippen molar-refractivity contribution in [3.63, 3.8) is 0 Å². The Kier molecular flexibility index (Phi) is 6.49. The van der Waals surface area contributed by atoms with Crippen molar-refractivity contribution in [2.45, 2.75) is 49.1 Å². The molecule has 6 nitrogen and oxygen atoms in total. The third-order valence-electron chi connectivity index (χ3n) is 3.94. The van der Waals surface area contributed by atoms with Gasteiger partial charge in [0.25, 0.3) is 0 Å². The van der Waals surface area contributed by atoms with Crippen molar-refractivity contribution >= 4 is 43.4 Å². The largest absolute Gasteiger partial charge is 0.243 e. The molecule has 1 atom stereocenters. The van der Waals surface area contributed by atoms with Crippen molar-refractivity contribution in [2.24, 2.45) is 0 Å². The van der Waals surface area contributed by atoms with Crippen LogP contribution >= 0.6 is 23.4 Å². The number of hydrogen-bond acceptors (Lipinski definition) is 5. The van der Waals surface area contributed by atoms with Crippen LogP contribution in [0.3, 0.4) is 0 Å². The van der Waals surface area contributed by atoms with E-state index in [0.717, 1.165) is 5.75 Å². The van der Waals surface area contributed by atoms with E-state index in [9.17, 15) is 16.8 Å². The lowest BCUT2D eigenvalue weighted by atomic mass is 10.1. The van der Waals surface area contributed by atoms with Gasteiger partial charge in [0.05, 0.1) is 9.92 Å². The second kappa shape index (κ2) is 7.74. The number of rotatable bonds is 6. The summed E-state index contributed by atoms with van der Waals surface area (Å²) in [5.74, 6) is 1.58. The van der Waals surface area contributed by atoms with Gasteiger partial charge in [-0.25, -0.2) is 21.6 Å². The SMILES string of the molecule is CCSCC1Cc2cc(Cl)c(S(=O)(=O)NC(C)C)cc2S(=O)(=O)N1C. The first-order valence-electron chi connectivity index (χ1n) is 7.91. The Morgan fingerprint density at radius 3 is 2.60 bits per heavy atom. The first-order chi connectivity index (χ1) is 11.5. The van der Waals surface area contributed by atoms with E-state index in [0.29, 0.717) is 17.7 Å². The van der Waals surface area contributed by atoms with E-state index in [1.54, 1.807) is 25.6 Å². The first kappa shape index (κ1) is 21.0. The molecule has 1 aliphatic rings. The van der Waals surface area contributed by atoms with Gasteiger partial charge in [0.2, 0.25) is 20.0 Å². The number of thioether (sulfide) groups is 1. The molecule has 1 unspecified atom stereocenters. The van der Waals surface area contributed by atoms with E-state index in [1.165, 1.54) is 23.5 Å². The Balaban J connectivity index is 2.55. The molecule has 0 spiro atoms. The summed E-state index contributed by atoms with van der Waals surface area (Å²) >= 11 is 7.85. The quantitative estimate of drug-likeness (QED) is 0.754. The van der Waals surface area contributed by atoms with Crippen molar-refractivity contribution in [3.05, 3.63) is 22.7 Å². The van der Waals surface area contributed by atoms with Crippen molar-refractivity contribution in [2.75, 3.05) is 18.6 Å². The van der Waals surface area contributed by atoms with Gasteiger partial charge in [0, 0.05) is 24.9 Å². The van der Waals surface area contributed by atoms with Crippen molar-refractivity contribution in [1.82, 2.24) is 9.03 Å². The molecule has 142 valence electrons. The molecule has 0 saturated carbocycles. The van der Waals surface area contributed by atoms with Crippen LogP contribution in [0, 0.1) is 0 Å². The molecule has 10 heteroatoms. The molecule has 1 aromatic carbocycles. The second-order valence-corrected chi connectivity index (χ2v) is 11.6. The third kappa shape index (κ3) is 4.33. The number of likely N-dealkylation sites (N-methyl/N-ethyl adjacent to an activating group) is 1. The van der Waals surface area contributed by atoms with Crippen molar-refractivity contribution in [3.8, 4) is 0 Å². The summed E-state index contributed by atoms with van der Waals surface area (Å²) in [5, 5.41) is 0.0357. The van der Waals surface area contributed by atoms with Crippen LogP contribution in [-0.4, -0.2) is 51.8 Å². The fraction of sp³-hybridized carbons (Fsp3) is 0.600. The Morgan fingerprint density at radius 1 is 1.40 bits per heavy atom. The molecule has 25 heavy (non-hydrogen) atoms. The molecule has 1 heterocycles. The van der Waals surface area contributed by atoms with Crippen LogP contribution in [-0.2, 0) is 26.5 Å². The lowest BCUT2D eigenvalue weighted by Crippen LogP contribution is -2.44. The van der Waals surface area contributed by atoms with Crippen LogP contribution in [0.25, 0.3) is 0 Å². The molecule has 1 aromatic rings. The fourth-order valence-electron chi connectivity index (χ4n) is 2.71. The van der Waals surface area contributed by atoms with Gasteiger partial charge in [-0.05, 0) is 43.7 Å². The van der Waals surface area contributed by atoms with Crippen molar-refractivity contribution < 1.29 is 16.8 Å². The lowest BCUT2D eigenvalue weighted by Gasteiger charge is -2.33. The smallest absolute Gasteiger partial charge is 0.209 e. The van der Waals surface area contributed by atoms with E-state index in [-0.39, 0.29) is 26.9 Å². The maximum Gasteiger partial charge on any atom is 0.243 e. The molecule has 0 radical (unpaired) electrons. The second-order valence-electron chi connectivity index (χ2n) is 6.21. The Hall–Kier alpha value is -0.320. The summed E-state index contributed by atoms with van der Waals surface area (Å²) in [5.41, 5.74) is 0.563. The fourth-order valence-corrected chi connectivity index (χ4v) is 7.14. The zero-order valence-corrected chi connectivity index (χ0v) is 17.8. The monoisotopic (exact) mass is 426 g/mol. The molecule has 1 aliphatic heterocycles. The van der Waals surface area contributed by atoms with E-state index < -0.39 is 20.0 Å². The van der Waals surface area contributed by atoms with Crippen LogP contribution in [0.2, 0.25) is 5.02 Å². The summed E-state index contributed by atoms with van der Waals surface area (Å²) in [7, 11) is -6.11. The third-order valence-corrected chi connectivity index (χ3v) is 9.08. The maximum atomic E-state index is 12.8. The van der Waals surface area contributed by atoms with E-state index in [4.69, 9.17) is 11.6 Å². The summed E-state index contributed by atoms with van der Waals surface area (Å²) in [6.07, 6.45) is 0.510. The van der Waals surface area contributed by atoms with Gasteiger partial charge in [0.15, 0.2) is 0 Å². The van der Waals surface area contributed by atoms with Gasteiger partial charge in [-0.15, -0.1) is 0 Å². The molecule has 0 saturated heterocycles. The molecular weight excluding hydrogens is 404 g/mol. The van der Waals surface area contributed by atoms with Gasteiger partial charge in [-0.1, -0.05) is 18.5 Å². The highest BCUT2D eigenvalue weighted by Crippen LogP contribution is 2.35. The molecule has 1 N–H and O–H groups in total. The Labute approximate surface area is 159 Å². The number of nitrogens with zero attached hydrogens (tertiary/aromatic N) is 1. The Bertz CT molecular complexity index is 854. The van der Waals surface area contributed by atoms with Gasteiger partial charge in [-0.3, -0.25) is 0 Å². The number of nitrogens with one attached hydrogen (secondary N) is 1. The van der Waals surface area contributed by atoms with Crippen LogP contribution in [0.1, 0.15) is 26.3 Å². The maximum absolute atomic E-state index is 12.8. The summed E-state index contributed by atoms with van der Waals surface area (Å²) in [6.45, 7) is 5.39. The van der Waals surface area contributed by atoms with E-state index in [2.05, 4.69) is 4.72 Å². The first-order valence-corrected chi connectivity index (χ1v) is 12.4. The highest BCUT2D eigenvalue weighted by Gasteiger charge is 2.37. The average Bonchev–Trinajstić information content (AvgIpc) is 2.47. The van der Waals surface area contributed by atoms with Crippen LogP contribution in [0.15, 0.2) is 21.9 Å². The van der Waals surface area contributed by atoms with Gasteiger partial charge in [-0.2, -0.15) is 16.1 Å². The van der Waals surface area contributed by atoms with Gasteiger partial charge >= 0.3 is 0 Å². The predicted molar refractivity (Wildman–Crippen MR) is 102 cm³/mol. The minimum atomic E-state index is -3.89.